The summed E-state index contributed by atoms with van der Waals surface area (Å²) in [5.41, 5.74) is 1.05. The van der Waals surface area contributed by atoms with E-state index in [4.69, 9.17) is 4.74 Å². The minimum absolute atomic E-state index is 0.0258. The molecule has 0 radical (unpaired) electrons. The molecule has 2 atom stereocenters. The lowest BCUT2D eigenvalue weighted by molar-refractivity contribution is -0.127. The minimum atomic E-state index is -0.167. The highest BCUT2D eigenvalue weighted by Crippen LogP contribution is 2.20. The van der Waals surface area contributed by atoms with Crippen LogP contribution in [-0.4, -0.2) is 48.7 Å². The summed E-state index contributed by atoms with van der Waals surface area (Å²) >= 11 is 1.48. The average molecular weight is 337 g/mol. The van der Waals surface area contributed by atoms with Gasteiger partial charge >= 0.3 is 6.03 Å². The quantitative estimate of drug-likeness (QED) is 0.828. The van der Waals surface area contributed by atoms with Crippen LogP contribution in [0.5, 0.6) is 5.75 Å². The maximum atomic E-state index is 12.3. The van der Waals surface area contributed by atoms with Gasteiger partial charge in [-0.05, 0) is 17.7 Å². The van der Waals surface area contributed by atoms with Crippen LogP contribution in [-0.2, 0) is 11.3 Å². The summed E-state index contributed by atoms with van der Waals surface area (Å²) in [6, 6.07) is 7.50. The molecule has 126 valence electrons. The number of rotatable bonds is 6. The number of urea groups is 1. The van der Waals surface area contributed by atoms with Crippen LogP contribution in [0.15, 0.2) is 24.3 Å². The van der Waals surface area contributed by atoms with Gasteiger partial charge in [0.05, 0.1) is 18.2 Å². The van der Waals surface area contributed by atoms with E-state index in [0.717, 1.165) is 11.3 Å². The van der Waals surface area contributed by atoms with E-state index in [9.17, 15) is 9.59 Å². The lowest BCUT2D eigenvalue weighted by atomic mass is 10.1. The Balaban J connectivity index is 1.81. The van der Waals surface area contributed by atoms with E-state index in [1.165, 1.54) is 11.8 Å². The summed E-state index contributed by atoms with van der Waals surface area (Å²) in [6.45, 7) is 3.24. The van der Waals surface area contributed by atoms with Crippen molar-refractivity contribution < 1.29 is 14.3 Å². The Kier molecular flexibility index (Phi) is 6.15. The maximum absolute atomic E-state index is 12.3. The van der Waals surface area contributed by atoms with Crippen molar-refractivity contribution in [1.82, 2.24) is 15.5 Å². The first-order chi connectivity index (χ1) is 11.0. The molecule has 1 aliphatic rings. The van der Waals surface area contributed by atoms with Gasteiger partial charge in [-0.25, -0.2) is 4.79 Å². The van der Waals surface area contributed by atoms with Crippen LogP contribution >= 0.6 is 11.8 Å². The maximum Gasteiger partial charge on any atom is 0.315 e. The largest absolute Gasteiger partial charge is 0.497 e. The van der Waals surface area contributed by atoms with E-state index in [1.54, 1.807) is 19.1 Å². The molecular formula is C16H23N3O3S. The van der Waals surface area contributed by atoms with Gasteiger partial charge in [-0.15, -0.1) is 11.8 Å². The topological polar surface area (TPSA) is 70.7 Å². The zero-order chi connectivity index (χ0) is 16.8. The van der Waals surface area contributed by atoms with Crippen LogP contribution in [0.4, 0.5) is 4.79 Å². The number of amides is 3. The van der Waals surface area contributed by atoms with Gasteiger partial charge in [-0.1, -0.05) is 19.1 Å². The van der Waals surface area contributed by atoms with Gasteiger partial charge < -0.3 is 20.3 Å². The number of nitrogens with one attached hydrogen (secondary N) is 2. The molecule has 1 aliphatic heterocycles. The molecule has 0 bridgehead atoms. The summed E-state index contributed by atoms with van der Waals surface area (Å²) < 4.78 is 5.12. The van der Waals surface area contributed by atoms with Crippen molar-refractivity contribution in [3.05, 3.63) is 29.8 Å². The van der Waals surface area contributed by atoms with Crippen molar-refractivity contribution in [1.29, 1.82) is 0 Å². The number of carbonyl (C=O) groups excluding carboxylic acids is 2. The van der Waals surface area contributed by atoms with Gasteiger partial charge in [0, 0.05) is 26.1 Å². The van der Waals surface area contributed by atoms with E-state index in [0.29, 0.717) is 18.8 Å². The number of thioether (sulfide) groups is 1. The van der Waals surface area contributed by atoms with Crippen LogP contribution in [0.1, 0.15) is 12.5 Å². The first-order valence-electron chi connectivity index (χ1n) is 7.52. The lowest BCUT2D eigenvalue weighted by Crippen LogP contribution is -2.52. The lowest BCUT2D eigenvalue weighted by Gasteiger charge is -2.30. The van der Waals surface area contributed by atoms with Crippen molar-refractivity contribution in [2.75, 3.05) is 26.5 Å². The van der Waals surface area contributed by atoms with Crippen LogP contribution < -0.4 is 15.4 Å². The molecule has 1 saturated heterocycles. The third-order valence-electron chi connectivity index (χ3n) is 3.77. The highest BCUT2D eigenvalue weighted by atomic mass is 32.2. The van der Waals surface area contributed by atoms with Crippen LogP contribution in [0.25, 0.3) is 0 Å². The summed E-state index contributed by atoms with van der Waals surface area (Å²) in [6.07, 6.45) is 0. The van der Waals surface area contributed by atoms with Crippen molar-refractivity contribution >= 4 is 23.7 Å². The fraction of sp³-hybridized carbons (Fsp3) is 0.500. The second kappa shape index (κ2) is 8.10. The number of hydrogen-bond donors (Lipinski definition) is 2. The Morgan fingerprint density at radius 3 is 2.74 bits per heavy atom. The molecule has 1 heterocycles. The van der Waals surface area contributed by atoms with Crippen molar-refractivity contribution in [3.63, 3.8) is 0 Å². The van der Waals surface area contributed by atoms with Crippen LogP contribution in [0, 0.1) is 5.92 Å². The standard InChI is InChI=1S/C16H23N3O3S/c1-11-8-17-16(21)18-15(11)23-10-14(20)19(2)9-12-4-6-13(22-3)7-5-12/h4-7,11,15H,8-10H2,1-3H3,(H2,17,18,21). The molecule has 2 rings (SSSR count). The number of benzene rings is 1. The summed E-state index contributed by atoms with van der Waals surface area (Å²) in [4.78, 5) is 25.3. The second-order valence-electron chi connectivity index (χ2n) is 5.66. The average Bonchev–Trinajstić information content (AvgIpc) is 2.56. The van der Waals surface area contributed by atoms with E-state index < -0.39 is 0 Å². The van der Waals surface area contributed by atoms with E-state index >= 15 is 0 Å². The van der Waals surface area contributed by atoms with Crippen molar-refractivity contribution in [2.45, 2.75) is 18.8 Å². The van der Waals surface area contributed by atoms with Crippen LogP contribution in [0.3, 0.4) is 0 Å². The predicted molar refractivity (Wildman–Crippen MR) is 91.4 cm³/mol. The second-order valence-corrected chi connectivity index (χ2v) is 6.79. The molecule has 0 aromatic heterocycles. The third-order valence-corrected chi connectivity index (χ3v) is 5.12. The van der Waals surface area contributed by atoms with Crippen molar-refractivity contribution in [2.24, 2.45) is 5.92 Å². The molecular weight excluding hydrogens is 314 g/mol. The zero-order valence-electron chi connectivity index (χ0n) is 13.7. The monoisotopic (exact) mass is 337 g/mol. The van der Waals surface area contributed by atoms with Gasteiger partial charge in [0.15, 0.2) is 0 Å². The number of hydrogen-bond acceptors (Lipinski definition) is 4. The summed E-state index contributed by atoms with van der Waals surface area (Å²) in [5, 5.41) is 5.57. The smallest absolute Gasteiger partial charge is 0.315 e. The SMILES string of the molecule is COc1ccc(CN(C)C(=O)CSC2NC(=O)NCC2C)cc1. The molecule has 23 heavy (non-hydrogen) atoms. The fourth-order valence-electron chi connectivity index (χ4n) is 2.25. The predicted octanol–water partition coefficient (Wildman–Crippen LogP) is 1.66. The normalized spacial score (nSPS) is 20.4. The fourth-order valence-corrected chi connectivity index (χ4v) is 3.41. The Morgan fingerprint density at radius 1 is 1.39 bits per heavy atom. The Bertz CT molecular complexity index is 550. The number of nitrogens with zero attached hydrogens (tertiary/aromatic N) is 1. The molecule has 1 fully saturated rings. The van der Waals surface area contributed by atoms with Gasteiger partial charge in [-0.2, -0.15) is 0 Å². The third kappa shape index (κ3) is 5.06. The van der Waals surface area contributed by atoms with Crippen LogP contribution in [0.2, 0.25) is 0 Å². The number of ether oxygens (including phenoxy) is 1. The molecule has 1 aromatic carbocycles. The molecule has 2 N–H and O–H groups in total. The Hall–Kier alpha value is -1.89. The summed E-state index contributed by atoms with van der Waals surface area (Å²) in [7, 11) is 3.42. The van der Waals surface area contributed by atoms with Gasteiger partial charge in [0.2, 0.25) is 5.91 Å². The Labute approximate surface area is 140 Å². The molecule has 7 heteroatoms. The Morgan fingerprint density at radius 2 is 2.09 bits per heavy atom. The number of methoxy groups -OCH3 is 1. The minimum Gasteiger partial charge on any atom is -0.497 e. The van der Waals surface area contributed by atoms with E-state index in [2.05, 4.69) is 17.6 Å². The zero-order valence-corrected chi connectivity index (χ0v) is 14.5. The molecule has 2 unspecified atom stereocenters. The summed E-state index contributed by atoms with van der Waals surface area (Å²) in [5.74, 6) is 1.49. The first kappa shape index (κ1) is 17.5. The van der Waals surface area contributed by atoms with Gasteiger partial charge in [0.1, 0.15) is 5.75 Å². The molecule has 0 spiro atoms. The molecule has 3 amide bonds. The molecule has 0 saturated carbocycles. The molecule has 6 nitrogen and oxygen atoms in total. The van der Waals surface area contributed by atoms with E-state index in [1.807, 2.05) is 24.3 Å². The molecule has 1 aromatic rings. The van der Waals surface area contributed by atoms with Crippen molar-refractivity contribution in [3.8, 4) is 5.75 Å². The van der Waals surface area contributed by atoms with Gasteiger partial charge in [0.25, 0.3) is 0 Å². The number of carbonyl (C=O) groups is 2. The van der Waals surface area contributed by atoms with Gasteiger partial charge in [-0.3, -0.25) is 4.79 Å². The first-order valence-corrected chi connectivity index (χ1v) is 8.57. The van der Waals surface area contributed by atoms with E-state index in [-0.39, 0.29) is 23.2 Å². The molecule has 0 aliphatic carbocycles. The highest BCUT2D eigenvalue weighted by molar-refractivity contribution is 8.00. The highest BCUT2D eigenvalue weighted by Gasteiger charge is 2.26.